The molecule has 2 unspecified atom stereocenters. The van der Waals surface area contributed by atoms with Gasteiger partial charge in [0.15, 0.2) is 5.69 Å². The molecule has 1 aromatic rings. The number of rotatable bonds is 5. The monoisotopic (exact) mass is 264 g/mol. The van der Waals surface area contributed by atoms with Crippen LogP contribution in [0.5, 0.6) is 0 Å². The Hall–Kier alpha value is -1.69. The highest BCUT2D eigenvalue weighted by Crippen LogP contribution is 2.44. The van der Waals surface area contributed by atoms with Crippen molar-refractivity contribution in [2.24, 2.45) is 11.1 Å². The van der Waals surface area contributed by atoms with Gasteiger partial charge in [-0.25, -0.2) is 0 Å². The van der Waals surface area contributed by atoms with Crippen LogP contribution >= 0.6 is 0 Å². The Morgan fingerprint density at radius 3 is 2.74 bits per heavy atom. The minimum Gasteiger partial charge on any atom is -0.378 e. The van der Waals surface area contributed by atoms with E-state index in [9.17, 15) is 4.79 Å². The first-order chi connectivity index (χ1) is 8.95. The molecule has 1 heterocycles. The smallest absolute Gasteiger partial charge is 0.269 e. The fourth-order valence-corrected chi connectivity index (χ4v) is 2.33. The van der Waals surface area contributed by atoms with Gasteiger partial charge in [-0.05, 0) is 25.5 Å². The standard InChI is InChI=1S/C13H20N4O2/c1-4-19-10-7-9(13(10,2)3)15-11-6-5-8(12(14)18)16-17-11/h5-6,9-10H,4,7H2,1-3H3,(H2,14,18)(H,15,17). The summed E-state index contributed by atoms with van der Waals surface area (Å²) in [7, 11) is 0. The summed E-state index contributed by atoms with van der Waals surface area (Å²) < 4.78 is 5.67. The van der Waals surface area contributed by atoms with Crippen molar-refractivity contribution in [1.82, 2.24) is 10.2 Å². The van der Waals surface area contributed by atoms with Gasteiger partial charge >= 0.3 is 0 Å². The van der Waals surface area contributed by atoms with Crippen LogP contribution in [0.3, 0.4) is 0 Å². The molecule has 6 nitrogen and oxygen atoms in total. The zero-order chi connectivity index (χ0) is 14.0. The molecule has 6 heteroatoms. The Balaban J connectivity index is 1.97. The lowest BCUT2D eigenvalue weighted by Gasteiger charge is -2.51. The first-order valence-corrected chi connectivity index (χ1v) is 6.46. The second kappa shape index (κ2) is 5.13. The van der Waals surface area contributed by atoms with Gasteiger partial charge in [0, 0.05) is 18.1 Å². The normalized spacial score (nSPS) is 24.6. The van der Waals surface area contributed by atoms with E-state index >= 15 is 0 Å². The highest BCUT2D eigenvalue weighted by molar-refractivity contribution is 5.90. The molecule has 1 aliphatic rings. The Morgan fingerprint density at radius 2 is 2.26 bits per heavy atom. The lowest BCUT2D eigenvalue weighted by molar-refractivity contribution is -0.0976. The molecule has 1 aliphatic carbocycles. The molecule has 3 N–H and O–H groups in total. The maximum atomic E-state index is 10.9. The van der Waals surface area contributed by atoms with E-state index in [1.165, 1.54) is 0 Å². The summed E-state index contributed by atoms with van der Waals surface area (Å²) in [6.45, 7) is 7.07. The number of nitrogens with zero attached hydrogens (tertiary/aromatic N) is 2. The molecular weight excluding hydrogens is 244 g/mol. The van der Waals surface area contributed by atoms with Gasteiger partial charge in [0.25, 0.3) is 5.91 Å². The van der Waals surface area contributed by atoms with Gasteiger partial charge in [0.1, 0.15) is 5.82 Å². The minimum atomic E-state index is -0.570. The molecule has 0 saturated heterocycles. The van der Waals surface area contributed by atoms with E-state index in [0.717, 1.165) is 13.0 Å². The van der Waals surface area contributed by atoms with Gasteiger partial charge in [-0.3, -0.25) is 4.79 Å². The number of aromatic nitrogens is 2. The second-order valence-corrected chi connectivity index (χ2v) is 5.37. The summed E-state index contributed by atoms with van der Waals surface area (Å²) in [5.74, 6) is 0.0810. The Bertz CT molecular complexity index is 458. The molecule has 19 heavy (non-hydrogen) atoms. The summed E-state index contributed by atoms with van der Waals surface area (Å²) in [6, 6.07) is 3.58. The van der Waals surface area contributed by atoms with Crippen molar-refractivity contribution in [3.05, 3.63) is 17.8 Å². The molecule has 2 atom stereocenters. The fraction of sp³-hybridized carbons (Fsp3) is 0.615. The van der Waals surface area contributed by atoms with Crippen LogP contribution in [-0.2, 0) is 4.74 Å². The molecule has 0 aliphatic heterocycles. The van der Waals surface area contributed by atoms with Crippen LogP contribution in [-0.4, -0.2) is 34.9 Å². The molecule has 1 fully saturated rings. The molecule has 0 radical (unpaired) electrons. The number of primary amides is 1. The summed E-state index contributed by atoms with van der Waals surface area (Å²) in [6.07, 6.45) is 1.22. The summed E-state index contributed by atoms with van der Waals surface area (Å²) in [4.78, 5) is 10.9. The molecule has 0 aromatic carbocycles. The number of carbonyl (C=O) groups excluding carboxylic acids is 1. The van der Waals surface area contributed by atoms with Gasteiger partial charge in [-0.2, -0.15) is 0 Å². The molecular formula is C13H20N4O2. The molecule has 1 aromatic heterocycles. The van der Waals surface area contributed by atoms with E-state index in [1.54, 1.807) is 12.1 Å². The summed E-state index contributed by atoms with van der Waals surface area (Å²) in [5, 5.41) is 11.0. The molecule has 1 amide bonds. The van der Waals surface area contributed by atoms with Gasteiger partial charge in [-0.15, -0.1) is 10.2 Å². The second-order valence-electron chi connectivity index (χ2n) is 5.37. The van der Waals surface area contributed by atoms with Crippen molar-refractivity contribution in [2.45, 2.75) is 39.3 Å². The first kappa shape index (κ1) is 13.7. The molecule has 0 spiro atoms. The number of hydrogen-bond donors (Lipinski definition) is 2. The molecule has 1 saturated carbocycles. The number of nitrogens with one attached hydrogen (secondary N) is 1. The molecule has 2 rings (SSSR count). The first-order valence-electron chi connectivity index (χ1n) is 6.46. The highest BCUT2D eigenvalue weighted by Gasteiger charge is 2.49. The maximum Gasteiger partial charge on any atom is 0.269 e. The topological polar surface area (TPSA) is 90.1 Å². The highest BCUT2D eigenvalue weighted by atomic mass is 16.5. The Labute approximate surface area is 112 Å². The van der Waals surface area contributed by atoms with Crippen LogP contribution in [0.4, 0.5) is 5.82 Å². The van der Waals surface area contributed by atoms with Crippen molar-refractivity contribution >= 4 is 11.7 Å². The van der Waals surface area contributed by atoms with E-state index < -0.39 is 5.91 Å². The lowest BCUT2D eigenvalue weighted by atomic mass is 9.64. The van der Waals surface area contributed by atoms with Crippen LogP contribution in [0.15, 0.2) is 12.1 Å². The van der Waals surface area contributed by atoms with Crippen molar-refractivity contribution in [3.8, 4) is 0 Å². The summed E-state index contributed by atoms with van der Waals surface area (Å²) in [5.41, 5.74) is 5.35. The number of nitrogens with two attached hydrogens (primary N) is 1. The number of ether oxygens (including phenoxy) is 1. The van der Waals surface area contributed by atoms with Crippen LogP contribution in [0.1, 0.15) is 37.7 Å². The quantitative estimate of drug-likeness (QED) is 0.833. The van der Waals surface area contributed by atoms with Crippen LogP contribution in [0.2, 0.25) is 0 Å². The summed E-state index contributed by atoms with van der Waals surface area (Å²) >= 11 is 0. The van der Waals surface area contributed by atoms with E-state index in [4.69, 9.17) is 10.5 Å². The Kier molecular flexibility index (Phi) is 3.71. The zero-order valence-electron chi connectivity index (χ0n) is 11.5. The third-order valence-corrected chi connectivity index (χ3v) is 3.78. The number of carbonyl (C=O) groups is 1. The average molecular weight is 264 g/mol. The van der Waals surface area contributed by atoms with Crippen molar-refractivity contribution in [1.29, 1.82) is 0 Å². The number of anilines is 1. The predicted molar refractivity (Wildman–Crippen MR) is 71.8 cm³/mol. The third kappa shape index (κ3) is 2.68. The largest absolute Gasteiger partial charge is 0.378 e. The van der Waals surface area contributed by atoms with Crippen molar-refractivity contribution in [3.63, 3.8) is 0 Å². The van der Waals surface area contributed by atoms with E-state index in [0.29, 0.717) is 5.82 Å². The average Bonchev–Trinajstić information content (AvgIpc) is 2.38. The zero-order valence-corrected chi connectivity index (χ0v) is 11.5. The number of hydrogen-bond acceptors (Lipinski definition) is 5. The lowest BCUT2D eigenvalue weighted by Crippen LogP contribution is -2.58. The third-order valence-electron chi connectivity index (χ3n) is 3.78. The van der Waals surface area contributed by atoms with Gasteiger partial charge in [0.2, 0.25) is 0 Å². The molecule has 0 bridgehead atoms. The van der Waals surface area contributed by atoms with E-state index in [1.807, 2.05) is 6.92 Å². The SMILES string of the molecule is CCOC1CC(Nc2ccc(C(N)=O)nn2)C1(C)C. The fourth-order valence-electron chi connectivity index (χ4n) is 2.33. The van der Waals surface area contributed by atoms with E-state index in [-0.39, 0.29) is 23.3 Å². The van der Waals surface area contributed by atoms with Crippen molar-refractivity contribution < 1.29 is 9.53 Å². The van der Waals surface area contributed by atoms with Gasteiger partial charge in [-0.1, -0.05) is 13.8 Å². The van der Waals surface area contributed by atoms with Crippen LogP contribution in [0, 0.1) is 5.41 Å². The van der Waals surface area contributed by atoms with Gasteiger partial charge < -0.3 is 15.8 Å². The van der Waals surface area contributed by atoms with Crippen molar-refractivity contribution in [2.75, 3.05) is 11.9 Å². The predicted octanol–water partition coefficient (Wildman–Crippen LogP) is 1.19. The van der Waals surface area contributed by atoms with Crippen LogP contribution < -0.4 is 11.1 Å². The minimum absolute atomic E-state index is 0.0556. The van der Waals surface area contributed by atoms with Gasteiger partial charge in [0.05, 0.1) is 6.10 Å². The Morgan fingerprint density at radius 1 is 1.53 bits per heavy atom. The maximum absolute atomic E-state index is 10.9. The number of amides is 1. The van der Waals surface area contributed by atoms with Crippen LogP contribution in [0.25, 0.3) is 0 Å². The molecule has 104 valence electrons. The van der Waals surface area contributed by atoms with E-state index in [2.05, 4.69) is 29.4 Å².